The maximum Gasteiger partial charge on any atom is 0.573 e. The van der Waals surface area contributed by atoms with E-state index in [0.29, 0.717) is 16.3 Å². The fourth-order valence-corrected chi connectivity index (χ4v) is 6.58. The molecule has 5 aromatic rings. The summed E-state index contributed by atoms with van der Waals surface area (Å²) in [4.78, 5) is 22.8. The Kier molecular flexibility index (Phi) is 9.12. The van der Waals surface area contributed by atoms with E-state index in [0.717, 1.165) is 71.4 Å². The molecule has 12 heteroatoms. The van der Waals surface area contributed by atoms with Crippen molar-refractivity contribution < 1.29 is 22.7 Å². The minimum absolute atomic E-state index is 0.309. The third-order valence-electron chi connectivity index (χ3n) is 7.87. The third kappa shape index (κ3) is 7.38. The zero-order valence-electron chi connectivity index (χ0n) is 26.1. The monoisotopic (exact) mass is 658 g/mol. The van der Waals surface area contributed by atoms with E-state index in [-0.39, 0.29) is 5.75 Å². The highest BCUT2D eigenvalue weighted by Crippen LogP contribution is 2.33. The van der Waals surface area contributed by atoms with Crippen molar-refractivity contribution in [3.05, 3.63) is 111 Å². The van der Waals surface area contributed by atoms with Gasteiger partial charge in [0.2, 0.25) is 0 Å². The fourth-order valence-electron chi connectivity index (χ4n) is 5.71. The number of nitrogens with zero attached hydrogens (tertiary/aromatic N) is 5. The minimum atomic E-state index is -4.75. The van der Waals surface area contributed by atoms with Crippen LogP contribution in [0.5, 0.6) is 5.75 Å². The molecule has 0 atom stereocenters. The predicted molar refractivity (Wildman–Crippen MR) is 175 cm³/mol. The van der Waals surface area contributed by atoms with Crippen molar-refractivity contribution in [3.63, 3.8) is 0 Å². The van der Waals surface area contributed by atoms with Crippen LogP contribution in [0.25, 0.3) is 28.3 Å². The Hall–Kier alpha value is -4.97. The summed E-state index contributed by atoms with van der Waals surface area (Å²) < 4.78 is 44.9. The van der Waals surface area contributed by atoms with Crippen molar-refractivity contribution in [1.29, 1.82) is 0 Å². The van der Waals surface area contributed by atoms with E-state index in [1.165, 1.54) is 52.2 Å². The molecule has 0 aliphatic heterocycles. The maximum absolute atomic E-state index is 13.3. The van der Waals surface area contributed by atoms with Crippen molar-refractivity contribution in [2.24, 2.45) is 4.99 Å². The first-order chi connectivity index (χ1) is 22.6. The lowest BCUT2D eigenvalue weighted by atomic mass is 10.0. The van der Waals surface area contributed by atoms with Gasteiger partial charge in [-0.1, -0.05) is 49.7 Å². The smallest absolute Gasteiger partial charge is 0.406 e. The van der Waals surface area contributed by atoms with Gasteiger partial charge in [-0.15, -0.1) is 29.6 Å². The van der Waals surface area contributed by atoms with Crippen LogP contribution in [0.2, 0.25) is 0 Å². The predicted octanol–water partition coefficient (Wildman–Crippen LogP) is 8.46. The van der Waals surface area contributed by atoms with Gasteiger partial charge in [0.25, 0.3) is 0 Å². The molecule has 2 heterocycles. The minimum Gasteiger partial charge on any atom is -0.406 e. The van der Waals surface area contributed by atoms with Gasteiger partial charge < -0.3 is 10.1 Å². The molecule has 0 radical (unpaired) electrons. The van der Waals surface area contributed by atoms with Gasteiger partial charge in [-0.05, 0) is 92.1 Å². The number of hydrogen-bond acceptors (Lipinski definition) is 5. The summed E-state index contributed by atoms with van der Waals surface area (Å²) in [7, 11) is 0. The Morgan fingerprint density at radius 3 is 2.49 bits per heavy atom. The van der Waals surface area contributed by atoms with E-state index in [4.69, 9.17) is 0 Å². The molecule has 1 aliphatic rings. The lowest BCUT2D eigenvalue weighted by Gasteiger charge is -2.13. The standard InChI is InChI=1S/C35H33F3N6O2S/c1-4-6-25-10-9-22(2)19-31(25)44-23(3)20-47-34(44)41-33(45)40-30-8-5-7-29(30)24-11-13-26(14-12-24)32-39-21-43(42-32)27-15-17-28(18-16-27)46-35(36,37)38/h9-21H,4-8H2,1-3H3,(H,40,45). The molecule has 8 nitrogen and oxygen atoms in total. The number of halogens is 3. The fraction of sp³-hybridized carbons (Fsp3) is 0.257. The lowest BCUT2D eigenvalue weighted by molar-refractivity contribution is -0.274. The Morgan fingerprint density at radius 2 is 1.77 bits per heavy atom. The van der Waals surface area contributed by atoms with Crippen LogP contribution in [0, 0.1) is 13.8 Å². The first-order valence-electron chi connectivity index (χ1n) is 15.3. The zero-order valence-corrected chi connectivity index (χ0v) is 27.0. The van der Waals surface area contributed by atoms with Gasteiger partial charge in [0.1, 0.15) is 12.1 Å². The average molecular weight is 659 g/mol. The number of allylic oxidation sites excluding steroid dienone is 2. The number of carbonyl (C=O) groups is 1. The van der Waals surface area contributed by atoms with Crippen molar-refractivity contribution in [2.75, 3.05) is 0 Å². The Labute approximate surface area is 273 Å². The molecule has 6 rings (SSSR count). The first-order valence-corrected chi connectivity index (χ1v) is 16.2. The number of aryl methyl sites for hydroxylation is 3. The molecule has 0 spiro atoms. The molecule has 47 heavy (non-hydrogen) atoms. The normalized spacial score (nSPS) is 13.8. The number of aromatic nitrogens is 4. The number of amides is 2. The zero-order chi connectivity index (χ0) is 33.1. The van der Waals surface area contributed by atoms with Crippen LogP contribution in [-0.2, 0) is 6.42 Å². The number of alkyl halides is 3. The number of hydrogen-bond donors (Lipinski definition) is 1. The van der Waals surface area contributed by atoms with E-state index in [1.807, 2.05) is 36.6 Å². The van der Waals surface area contributed by atoms with Gasteiger partial charge >= 0.3 is 12.4 Å². The van der Waals surface area contributed by atoms with Gasteiger partial charge in [-0.2, -0.15) is 4.99 Å². The van der Waals surface area contributed by atoms with Crippen molar-refractivity contribution in [3.8, 4) is 28.5 Å². The molecule has 242 valence electrons. The summed E-state index contributed by atoms with van der Waals surface area (Å²) in [5.41, 5.74) is 8.71. The maximum atomic E-state index is 13.3. The largest absolute Gasteiger partial charge is 0.573 e. The molecule has 1 N–H and O–H groups in total. The topological polar surface area (TPSA) is 86.3 Å². The van der Waals surface area contributed by atoms with Crippen LogP contribution >= 0.6 is 11.3 Å². The summed E-state index contributed by atoms with van der Waals surface area (Å²) in [5, 5.41) is 9.58. The van der Waals surface area contributed by atoms with Crippen LogP contribution in [0.1, 0.15) is 55.0 Å². The number of benzene rings is 3. The summed E-state index contributed by atoms with van der Waals surface area (Å²) in [6.45, 7) is 6.25. The van der Waals surface area contributed by atoms with Crippen molar-refractivity contribution >= 4 is 22.9 Å². The Morgan fingerprint density at radius 1 is 1.02 bits per heavy atom. The second-order valence-corrected chi connectivity index (χ2v) is 12.2. The van der Waals surface area contributed by atoms with E-state index in [1.54, 1.807) is 0 Å². The number of carbonyl (C=O) groups excluding carboxylic acids is 1. The Balaban J connectivity index is 1.19. The summed E-state index contributed by atoms with van der Waals surface area (Å²) in [5.74, 6) is 0.159. The van der Waals surface area contributed by atoms with Gasteiger partial charge in [0.15, 0.2) is 10.6 Å². The van der Waals surface area contributed by atoms with Crippen molar-refractivity contribution in [1.82, 2.24) is 24.6 Å². The number of urea groups is 1. The second kappa shape index (κ2) is 13.4. The van der Waals surface area contributed by atoms with Crippen LogP contribution in [0.15, 0.2) is 89.1 Å². The molecule has 0 saturated heterocycles. The van der Waals surface area contributed by atoms with Crippen LogP contribution < -0.4 is 14.9 Å². The second-order valence-electron chi connectivity index (χ2n) is 11.4. The van der Waals surface area contributed by atoms with Gasteiger partial charge in [-0.3, -0.25) is 4.57 Å². The first kappa shape index (κ1) is 32.0. The molecular weight excluding hydrogens is 625 g/mol. The molecule has 3 aromatic carbocycles. The van der Waals surface area contributed by atoms with Gasteiger partial charge in [0.05, 0.1) is 11.4 Å². The van der Waals surface area contributed by atoms with Crippen molar-refractivity contribution in [2.45, 2.75) is 59.2 Å². The number of nitrogens with one attached hydrogen (secondary N) is 1. The number of ether oxygens (including phenoxy) is 1. The lowest BCUT2D eigenvalue weighted by Crippen LogP contribution is -2.24. The van der Waals surface area contributed by atoms with E-state index >= 15 is 0 Å². The molecule has 1 aliphatic carbocycles. The van der Waals surface area contributed by atoms with Gasteiger partial charge in [0, 0.05) is 22.3 Å². The van der Waals surface area contributed by atoms with Crippen LogP contribution in [0.4, 0.5) is 18.0 Å². The summed E-state index contributed by atoms with van der Waals surface area (Å²) in [6, 6.07) is 19.2. The quantitative estimate of drug-likeness (QED) is 0.181. The summed E-state index contributed by atoms with van der Waals surface area (Å²) in [6.07, 6.45) is 1.21. The average Bonchev–Trinajstić information content (AvgIpc) is 3.79. The molecule has 2 aromatic heterocycles. The Bertz CT molecular complexity index is 2000. The molecule has 0 unspecified atom stereocenters. The third-order valence-corrected chi connectivity index (χ3v) is 8.81. The van der Waals surface area contributed by atoms with E-state index in [2.05, 4.69) is 61.7 Å². The molecule has 2 amide bonds. The van der Waals surface area contributed by atoms with Crippen LogP contribution in [0.3, 0.4) is 0 Å². The van der Waals surface area contributed by atoms with Crippen LogP contribution in [-0.4, -0.2) is 31.7 Å². The SMILES string of the molecule is CCCc1ccc(C)cc1-n1c(C)csc1=NC(=O)NC1=C(c2ccc(-c3ncn(-c4ccc(OC(F)(F)F)cc4)n3)cc2)CCC1. The molecular formula is C35H33F3N6O2S. The highest BCUT2D eigenvalue weighted by atomic mass is 32.1. The molecule has 0 saturated carbocycles. The highest BCUT2D eigenvalue weighted by Gasteiger charge is 2.31. The number of thiazole rings is 1. The molecule has 0 fully saturated rings. The molecule has 0 bridgehead atoms. The van der Waals surface area contributed by atoms with E-state index < -0.39 is 12.4 Å². The van der Waals surface area contributed by atoms with E-state index in [9.17, 15) is 18.0 Å². The highest BCUT2D eigenvalue weighted by molar-refractivity contribution is 7.07. The van der Waals surface area contributed by atoms with Gasteiger partial charge in [-0.25, -0.2) is 14.5 Å². The number of rotatable bonds is 8. The summed E-state index contributed by atoms with van der Waals surface area (Å²) >= 11 is 1.45.